The van der Waals surface area contributed by atoms with Gasteiger partial charge in [-0.2, -0.15) is 0 Å². The van der Waals surface area contributed by atoms with Crippen LogP contribution in [0.1, 0.15) is 19.8 Å². The maximum absolute atomic E-state index is 11.9. The van der Waals surface area contributed by atoms with Crippen molar-refractivity contribution in [1.82, 2.24) is 4.98 Å². The molecule has 7 nitrogen and oxygen atoms in total. The zero-order valence-electron chi connectivity index (χ0n) is 13.3. The lowest BCUT2D eigenvalue weighted by Crippen LogP contribution is -2.17. The Labute approximate surface area is 141 Å². The number of nitrogens with one attached hydrogen (secondary N) is 2. The van der Waals surface area contributed by atoms with Crippen LogP contribution in [0, 0.1) is 0 Å². The molecule has 0 unspecified atom stereocenters. The Kier molecular flexibility index (Phi) is 4.75. The number of fused-ring (bicyclic) bond motifs is 1. The molecular formula is C16H19N3O4S. The first-order valence-electron chi connectivity index (χ1n) is 7.69. The van der Waals surface area contributed by atoms with E-state index in [0.29, 0.717) is 18.0 Å². The van der Waals surface area contributed by atoms with Gasteiger partial charge in [-0.3, -0.25) is 4.72 Å². The molecule has 2 N–H and O–H groups in total. The Hall–Kier alpha value is -2.48. The molecule has 0 amide bonds. The topological polar surface area (TPSA) is 89.6 Å². The molecule has 8 heteroatoms. The predicted molar refractivity (Wildman–Crippen MR) is 92.4 cm³/mol. The van der Waals surface area contributed by atoms with Gasteiger partial charge in [0, 0.05) is 11.8 Å². The third kappa shape index (κ3) is 4.08. The normalized spacial score (nSPS) is 12.9. The van der Waals surface area contributed by atoms with Crippen molar-refractivity contribution < 1.29 is 17.9 Å². The van der Waals surface area contributed by atoms with Crippen LogP contribution >= 0.6 is 0 Å². The first-order chi connectivity index (χ1) is 11.6. The number of sulfonamides is 1. The fourth-order valence-corrected chi connectivity index (χ4v) is 3.42. The first-order valence-corrected chi connectivity index (χ1v) is 9.34. The minimum atomic E-state index is -3.34. The molecule has 2 heterocycles. The molecule has 1 aromatic heterocycles. The van der Waals surface area contributed by atoms with Crippen molar-refractivity contribution in [2.75, 3.05) is 22.6 Å². The van der Waals surface area contributed by atoms with Gasteiger partial charge in [0.15, 0.2) is 11.5 Å². The number of nitrogens with zero attached hydrogens (tertiary/aromatic N) is 1. The maximum Gasteiger partial charge on any atom is 0.233 e. The molecule has 128 valence electrons. The summed E-state index contributed by atoms with van der Waals surface area (Å²) in [6.45, 7) is 2.18. The Morgan fingerprint density at radius 1 is 1.12 bits per heavy atom. The van der Waals surface area contributed by atoms with Crippen LogP contribution in [-0.2, 0) is 10.0 Å². The van der Waals surface area contributed by atoms with E-state index in [4.69, 9.17) is 9.47 Å². The number of hydrogen-bond donors (Lipinski definition) is 2. The molecule has 2 aromatic rings. The molecule has 0 aliphatic carbocycles. The van der Waals surface area contributed by atoms with Crippen LogP contribution in [-0.4, -0.2) is 25.9 Å². The van der Waals surface area contributed by atoms with Crippen LogP contribution in [0.2, 0.25) is 0 Å². The highest BCUT2D eigenvalue weighted by Gasteiger charge is 2.13. The Bertz CT molecular complexity index is 807. The summed E-state index contributed by atoms with van der Waals surface area (Å²) in [6.07, 6.45) is 3.02. The van der Waals surface area contributed by atoms with E-state index >= 15 is 0 Å². The smallest absolute Gasteiger partial charge is 0.233 e. The first kappa shape index (κ1) is 16.4. The monoisotopic (exact) mass is 349 g/mol. The van der Waals surface area contributed by atoms with Crippen LogP contribution in [0.3, 0.4) is 0 Å². The van der Waals surface area contributed by atoms with E-state index in [1.807, 2.05) is 25.1 Å². The Balaban J connectivity index is 1.64. The SMILES string of the molecule is CCCCS(=O)(=O)Nc1ccc(Nc2ccc3c(c2)OCO3)cn1. The number of anilines is 3. The highest BCUT2D eigenvalue weighted by atomic mass is 32.2. The van der Waals surface area contributed by atoms with Gasteiger partial charge in [-0.15, -0.1) is 0 Å². The quantitative estimate of drug-likeness (QED) is 0.798. The van der Waals surface area contributed by atoms with Crippen molar-refractivity contribution in [3.05, 3.63) is 36.5 Å². The van der Waals surface area contributed by atoms with Gasteiger partial charge < -0.3 is 14.8 Å². The van der Waals surface area contributed by atoms with Crippen LogP contribution in [0.25, 0.3) is 0 Å². The number of ether oxygens (including phenoxy) is 2. The minimum Gasteiger partial charge on any atom is -0.454 e. The third-order valence-corrected chi connectivity index (χ3v) is 4.80. The molecule has 1 aliphatic rings. The fraction of sp³-hybridized carbons (Fsp3) is 0.312. The fourth-order valence-electron chi connectivity index (χ4n) is 2.21. The third-order valence-electron chi connectivity index (χ3n) is 3.45. The number of rotatable bonds is 7. The number of hydrogen-bond acceptors (Lipinski definition) is 6. The van der Waals surface area contributed by atoms with Crippen molar-refractivity contribution in [2.45, 2.75) is 19.8 Å². The van der Waals surface area contributed by atoms with E-state index in [0.717, 1.165) is 23.5 Å². The van der Waals surface area contributed by atoms with Gasteiger partial charge in [-0.1, -0.05) is 13.3 Å². The molecule has 3 rings (SSSR count). The molecular weight excluding hydrogens is 330 g/mol. The van der Waals surface area contributed by atoms with E-state index in [2.05, 4.69) is 15.0 Å². The zero-order chi connectivity index (χ0) is 17.0. The Morgan fingerprint density at radius 3 is 2.67 bits per heavy atom. The molecule has 0 bridgehead atoms. The minimum absolute atomic E-state index is 0.0996. The molecule has 0 radical (unpaired) electrons. The van der Waals surface area contributed by atoms with Crippen LogP contribution in [0.15, 0.2) is 36.5 Å². The van der Waals surface area contributed by atoms with Gasteiger partial charge in [0.1, 0.15) is 5.82 Å². The highest BCUT2D eigenvalue weighted by Crippen LogP contribution is 2.35. The Morgan fingerprint density at radius 2 is 1.92 bits per heavy atom. The van der Waals surface area contributed by atoms with Crippen LogP contribution in [0.4, 0.5) is 17.2 Å². The van der Waals surface area contributed by atoms with Gasteiger partial charge in [0.2, 0.25) is 16.8 Å². The maximum atomic E-state index is 11.9. The molecule has 0 saturated carbocycles. The number of unbranched alkanes of at least 4 members (excludes halogenated alkanes) is 1. The summed E-state index contributed by atoms with van der Waals surface area (Å²) < 4.78 is 36.8. The molecule has 0 atom stereocenters. The van der Waals surface area contributed by atoms with Crippen molar-refractivity contribution in [3.8, 4) is 11.5 Å². The number of aromatic nitrogens is 1. The molecule has 1 aromatic carbocycles. The zero-order valence-corrected chi connectivity index (χ0v) is 14.1. The summed E-state index contributed by atoms with van der Waals surface area (Å²) in [6, 6.07) is 8.92. The summed E-state index contributed by atoms with van der Waals surface area (Å²) in [5.74, 6) is 1.81. The molecule has 24 heavy (non-hydrogen) atoms. The summed E-state index contributed by atoms with van der Waals surface area (Å²) in [7, 11) is -3.34. The van der Waals surface area contributed by atoms with E-state index in [-0.39, 0.29) is 12.5 Å². The standard InChI is InChI=1S/C16H19N3O4S/c1-2-3-8-24(20,21)19-16-7-5-13(10-17-16)18-12-4-6-14-15(9-12)23-11-22-14/h4-7,9-10,18H,2-3,8,11H2,1H3,(H,17,19). The van der Waals surface area contributed by atoms with Crippen LogP contribution < -0.4 is 19.5 Å². The van der Waals surface area contributed by atoms with Gasteiger partial charge in [-0.05, 0) is 30.7 Å². The van der Waals surface area contributed by atoms with Gasteiger partial charge in [-0.25, -0.2) is 13.4 Å². The predicted octanol–water partition coefficient (Wildman–Crippen LogP) is 3.10. The van der Waals surface area contributed by atoms with Gasteiger partial charge in [0.05, 0.1) is 17.6 Å². The lowest BCUT2D eigenvalue weighted by atomic mass is 10.2. The molecule has 0 saturated heterocycles. The largest absolute Gasteiger partial charge is 0.454 e. The molecule has 0 spiro atoms. The average Bonchev–Trinajstić information content (AvgIpc) is 3.02. The summed E-state index contributed by atoms with van der Waals surface area (Å²) >= 11 is 0. The van der Waals surface area contributed by atoms with Crippen molar-refractivity contribution in [2.24, 2.45) is 0 Å². The second kappa shape index (κ2) is 6.96. The summed E-state index contributed by atoms with van der Waals surface area (Å²) in [5, 5.41) is 3.18. The van der Waals surface area contributed by atoms with E-state index in [1.54, 1.807) is 18.3 Å². The lowest BCUT2D eigenvalue weighted by molar-refractivity contribution is 0.174. The number of benzene rings is 1. The second-order valence-electron chi connectivity index (χ2n) is 5.40. The number of pyridine rings is 1. The van der Waals surface area contributed by atoms with Gasteiger partial charge in [0.25, 0.3) is 0 Å². The summed E-state index contributed by atoms with van der Waals surface area (Å²) in [4.78, 5) is 4.13. The highest BCUT2D eigenvalue weighted by molar-refractivity contribution is 7.92. The molecule has 1 aliphatic heterocycles. The van der Waals surface area contributed by atoms with E-state index in [1.165, 1.54) is 0 Å². The molecule has 0 fully saturated rings. The summed E-state index contributed by atoms with van der Waals surface area (Å²) in [5.41, 5.74) is 1.57. The van der Waals surface area contributed by atoms with E-state index < -0.39 is 10.0 Å². The van der Waals surface area contributed by atoms with E-state index in [9.17, 15) is 8.42 Å². The van der Waals surface area contributed by atoms with Crippen molar-refractivity contribution >= 4 is 27.2 Å². The lowest BCUT2D eigenvalue weighted by Gasteiger charge is -2.09. The second-order valence-corrected chi connectivity index (χ2v) is 7.24. The van der Waals surface area contributed by atoms with Crippen molar-refractivity contribution in [1.29, 1.82) is 0 Å². The van der Waals surface area contributed by atoms with Crippen LogP contribution in [0.5, 0.6) is 11.5 Å². The van der Waals surface area contributed by atoms with Crippen molar-refractivity contribution in [3.63, 3.8) is 0 Å². The average molecular weight is 349 g/mol. The van der Waals surface area contributed by atoms with Gasteiger partial charge >= 0.3 is 0 Å².